The minimum absolute atomic E-state index is 0.00832. The van der Waals surface area contributed by atoms with Gasteiger partial charge in [0.15, 0.2) is 0 Å². The summed E-state index contributed by atoms with van der Waals surface area (Å²) >= 11 is 0. The fourth-order valence-corrected chi connectivity index (χ4v) is 1.89. The fraction of sp³-hybridized carbons (Fsp3) is 0.267. The average molecular weight is 324 g/mol. The number of carbonyl (C=O) groups is 1. The van der Waals surface area contributed by atoms with E-state index in [2.05, 4.69) is 15.3 Å². The first kappa shape index (κ1) is 16.7. The second-order valence-corrected chi connectivity index (χ2v) is 4.97. The Hall–Kier alpha value is -2.64. The Morgan fingerprint density at radius 2 is 1.91 bits per heavy atom. The van der Waals surface area contributed by atoms with E-state index in [0.29, 0.717) is 11.6 Å². The van der Waals surface area contributed by atoms with E-state index in [0.717, 1.165) is 12.1 Å². The standard InChI is InChI=1S/C15H15F3N4O/c1-22(2)14-19-8-7-10(21-14)9-20-13(23)11-5-3-4-6-12(11)15(16,17)18/h3-8H,9H2,1-2H3,(H,20,23). The maximum absolute atomic E-state index is 12.9. The number of anilines is 1. The first-order chi connectivity index (χ1) is 10.8. The smallest absolute Gasteiger partial charge is 0.347 e. The van der Waals surface area contributed by atoms with Gasteiger partial charge in [0, 0.05) is 20.3 Å². The summed E-state index contributed by atoms with van der Waals surface area (Å²) < 4.78 is 38.7. The van der Waals surface area contributed by atoms with Crippen LogP contribution in [0.5, 0.6) is 0 Å². The zero-order chi connectivity index (χ0) is 17.0. The summed E-state index contributed by atoms with van der Waals surface area (Å²) in [5.74, 6) is -0.351. The van der Waals surface area contributed by atoms with Crippen LogP contribution in [-0.4, -0.2) is 30.0 Å². The molecule has 5 nitrogen and oxygen atoms in total. The van der Waals surface area contributed by atoms with Gasteiger partial charge in [-0.05, 0) is 18.2 Å². The molecule has 0 atom stereocenters. The number of nitrogens with zero attached hydrogens (tertiary/aromatic N) is 3. The minimum atomic E-state index is -4.58. The molecule has 0 unspecified atom stereocenters. The number of carbonyl (C=O) groups excluding carboxylic acids is 1. The van der Waals surface area contributed by atoms with Crippen molar-refractivity contribution in [1.82, 2.24) is 15.3 Å². The van der Waals surface area contributed by atoms with Gasteiger partial charge in [-0.25, -0.2) is 9.97 Å². The first-order valence-corrected chi connectivity index (χ1v) is 6.72. The molecule has 1 heterocycles. The van der Waals surface area contributed by atoms with Gasteiger partial charge in [-0.3, -0.25) is 4.79 Å². The van der Waals surface area contributed by atoms with Crippen LogP contribution in [-0.2, 0) is 12.7 Å². The molecule has 1 amide bonds. The van der Waals surface area contributed by atoms with E-state index >= 15 is 0 Å². The first-order valence-electron chi connectivity index (χ1n) is 6.72. The number of aromatic nitrogens is 2. The summed E-state index contributed by atoms with van der Waals surface area (Å²) in [7, 11) is 3.52. The maximum Gasteiger partial charge on any atom is 0.417 e. The third kappa shape index (κ3) is 4.18. The highest BCUT2D eigenvalue weighted by Crippen LogP contribution is 2.31. The van der Waals surface area contributed by atoms with Crippen molar-refractivity contribution in [3.05, 3.63) is 53.3 Å². The Kier molecular flexibility index (Phi) is 4.83. The van der Waals surface area contributed by atoms with Crippen molar-refractivity contribution in [2.45, 2.75) is 12.7 Å². The van der Waals surface area contributed by atoms with Crippen molar-refractivity contribution in [2.24, 2.45) is 0 Å². The molecule has 0 aliphatic carbocycles. The number of benzene rings is 1. The lowest BCUT2D eigenvalue weighted by Gasteiger charge is -2.13. The molecule has 0 aliphatic heterocycles. The largest absolute Gasteiger partial charge is 0.417 e. The molecule has 2 aromatic rings. The van der Waals surface area contributed by atoms with E-state index in [1.807, 2.05) is 0 Å². The minimum Gasteiger partial charge on any atom is -0.347 e. The molecule has 1 N–H and O–H groups in total. The van der Waals surface area contributed by atoms with E-state index in [9.17, 15) is 18.0 Å². The van der Waals surface area contributed by atoms with Crippen LogP contribution in [0.4, 0.5) is 19.1 Å². The molecular formula is C15H15F3N4O. The molecule has 0 fully saturated rings. The summed E-state index contributed by atoms with van der Waals surface area (Å²) in [6.45, 7) is 0.00832. The van der Waals surface area contributed by atoms with Gasteiger partial charge in [-0.15, -0.1) is 0 Å². The molecule has 122 valence electrons. The van der Waals surface area contributed by atoms with Gasteiger partial charge in [0.2, 0.25) is 5.95 Å². The molecular weight excluding hydrogens is 309 g/mol. The topological polar surface area (TPSA) is 58.1 Å². The van der Waals surface area contributed by atoms with Gasteiger partial charge in [-0.2, -0.15) is 13.2 Å². The van der Waals surface area contributed by atoms with Crippen LogP contribution in [0.1, 0.15) is 21.6 Å². The second-order valence-electron chi connectivity index (χ2n) is 4.97. The highest BCUT2D eigenvalue weighted by Gasteiger charge is 2.34. The molecule has 0 saturated carbocycles. The Morgan fingerprint density at radius 1 is 1.22 bits per heavy atom. The zero-order valence-electron chi connectivity index (χ0n) is 12.6. The van der Waals surface area contributed by atoms with Gasteiger partial charge in [0.05, 0.1) is 23.4 Å². The molecule has 0 radical (unpaired) electrons. The van der Waals surface area contributed by atoms with Crippen LogP contribution >= 0.6 is 0 Å². The molecule has 2 rings (SSSR count). The lowest BCUT2D eigenvalue weighted by atomic mass is 10.1. The molecule has 1 aromatic heterocycles. The quantitative estimate of drug-likeness (QED) is 0.939. The highest BCUT2D eigenvalue weighted by atomic mass is 19.4. The molecule has 0 aliphatic rings. The van der Waals surface area contributed by atoms with E-state index in [1.165, 1.54) is 18.3 Å². The van der Waals surface area contributed by atoms with Gasteiger partial charge in [0.25, 0.3) is 5.91 Å². The number of amides is 1. The Balaban J connectivity index is 2.13. The van der Waals surface area contributed by atoms with E-state index in [4.69, 9.17) is 0 Å². The monoisotopic (exact) mass is 324 g/mol. The van der Waals surface area contributed by atoms with Crippen LogP contribution in [0.15, 0.2) is 36.5 Å². The van der Waals surface area contributed by atoms with Crippen molar-refractivity contribution in [1.29, 1.82) is 0 Å². The highest BCUT2D eigenvalue weighted by molar-refractivity contribution is 5.95. The SMILES string of the molecule is CN(C)c1nccc(CNC(=O)c2ccccc2C(F)(F)F)n1. The molecule has 23 heavy (non-hydrogen) atoms. The second kappa shape index (κ2) is 6.64. The molecule has 1 aromatic carbocycles. The number of nitrogens with one attached hydrogen (secondary N) is 1. The normalized spacial score (nSPS) is 11.2. The fourth-order valence-electron chi connectivity index (χ4n) is 1.89. The number of rotatable bonds is 4. The number of halogens is 3. The Labute approximate surface area is 131 Å². The van der Waals surface area contributed by atoms with Crippen molar-refractivity contribution < 1.29 is 18.0 Å². The van der Waals surface area contributed by atoms with Crippen LogP contribution in [0.25, 0.3) is 0 Å². The summed E-state index contributed by atoms with van der Waals surface area (Å²) in [5.41, 5.74) is -0.877. The van der Waals surface area contributed by atoms with Gasteiger partial charge >= 0.3 is 6.18 Å². The van der Waals surface area contributed by atoms with Crippen LogP contribution in [0.3, 0.4) is 0 Å². The summed E-state index contributed by atoms with van der Waals surface area (Å²) in [6, 6.07) is 6.24. The third-order valence-corrected chi connectivity index (χ3v) is 3.01. The summed E-state index contributed by atoms with van der Waals surface area (Å²) in [5, 5.41) is 2.45. The number of hydrogen-bond acceptors (Lipinski definition) is 4. The molecule has 8 heteroatoms. The van der Waals surface area contributed by atoms with Crippen molar-refractivity contribution in [2.75, 3.05) is 19.0 Å². The Morgan fingerprint density at radius 3 is 2.57 bits per heavy atom. The van der Waals surface area contributed by atoms with Crippen LogP contribution in [0.2, 0.25) is 0 Å². The van der Waals surface area contributed by atoms with Crippen molar-refractivity contribution >= 4 is 11.9 Å². The summed E-state index contributed by atoms with van der Waals surface area (Å²) in [6.07, 6.45) is -3.06. The van der Waals surface area contributed by atoms with Crippen molar-refractivity contribution in [3.8, 4) is 0 Å². The number of alkyl halides is 3. The van der Waals surface area contributed by atoms with E-state index in [1.54, 1.807) is 25.1 Å². The molecule has 0 spiro atoms. The predicted octanol–water partition coefficient (Wildman–Crippen LogP) is 2.49. The van der Waals surface area contributed by atoms with E-state index in [-0.39, 0.29) is 6.54 Å². The zero-order valence-corrected chi connectivity index (χ0v) is 12.6. The third-order valence-electron chi connectivity index (χ3n) is 3.01. The van der Waals surface area contributed by atoms with Crippen molar-refractivity contribution in [3.63, 3.8) is 0 Å². The van der Waals surface area contributed by atoms with E-state index < -0.39 is 23.2 Å². The van der Waals surface area contributed by atoms with Gasteiger partial charge in [0.1, 0.15) is 0 Å². The average Bonchev–Trinajstić information content (AvgIpc) is 2.52. The van der Waals surface area contributed by atoms with Gasteiger partial charge < -0.3 is 10.2 Å². The number of hydrogen-bond donors (Lipinski definition) is 1. The molecule has 0 bridgehead atoms. The predicted molar refractivity (Wildman–Crippen MR) is 79.0 cm³/mol. The Bertz CT molecular complexity index is 701. The van der Waals surface area contributed by atoms with Crippen LogP contribution in [0, 0.1) is 0 Å². The summed E-state index contributed by atoms with van der Waals surface area (Å²) in [4.78, 5) is 21.9. The van der Waals surface area contributed by atoms with Gasteiger partial charge in [-0.1, -0.05) is 12.1 Å². The molecule has 0 saturated heterocycles. The lowest BCUT2D eigenvalue weighted by molar-refractivity contribution is -0.137. The maximum atomic E-state index is 12.9. The lowest BCUT2D eigenvalue weighted by Crippen LogP contribution is -2.26. The van der Waals surface area contributed by atoms with Crippen LogP contribution < -0.4 is 10.2 Å².